The molecule has 1 saturated heterocycles. The van der Waals surface area contributed by atoms with Crippen molar-refractivity contribution in [3.63, 3.8) is 0 Å². The normalized spacial score (nSPS) is 25.8. The van der Waals surface area contributed by atoms with E-state index in [4.69, 9.17) is 0 Å². The number of likely N-dealkylation sites (tertiary alicyclic amines) is 1. The maximum Gasteiger partial charge on any atom is 0.0217 e. The first-order valence-corrected chi connectivity index (χ1v) is 6.23. The Morgan fingerprint density at radius 3 is 2.73 bits per heavy atom. The highest BCUT2D eigenvalue weighted by molar-refractivity contribution is 4.80. The molecule has 1 rings (SSSR count). The molecule has 1 N–H and O–H groups in total. The third kappa shape index (κ3) is 4.09. The van der Waals surface area contributed by atoms with E-state index in [1.165, 1.54) is 38.9 Å². The first-order chi connectivity index (χ1) is 7.17. The minimum Gasteiger partial charge on any atom is -0.316 e. The fourth-order valence-electron chi connectivity index (χ4n) is 2.35. The number of rotatable bonds is 5. The monoisotopic (exact) mass is 213 g/mol. The van der Waals surface area contributed by atoms with Crippen LogP contribution in [-0.2, 0) is 0 Å². The fraction of sp³-hybridized carbons (Fsp3) is 1.00. The lowest BCUT2D eigenvalue weighted by Gasteiger charge is -2.37. The van der Waals surface area contributed by atoms with E-state index in [-0.39, 0.29) is 0 Å². The Labute approximate surface area is 94.8 Å². The summed E-state index contributed by atoms with van der Waals surface area (Å²) in [6, 6.07) is 1.42. The molecule has 0 radical (unpaired) electrons. The van der Waals surface area contributed by atoms with Gasteiger partial charge in [-0.1, -0.05) is 6.92 Å². The summed E-state index contributed by atoms with van der Waals surface area (Å²) in [4.78, 5) is 4.98. The van der Waals surface area contributed by atoms with Gasteiger partial charge in [0, 0.05) is 25.2 Å². The number of nitrogens with one attached hydrogen (secondary N) is 1. The summed E-state index contributed by atoms with van der Waals surface area (Å²) in [5.41, 5.74) is 0. The van der Waals surface area contributed by atoms with Crippen molar-refractivity contribution in [2.75, 3.05) is 40.8 Å². The predicted molar refractivity (Wildman–Crippen MR) is 66.3 cm³/mol. The second kappa shape index (κ2) is 6.46. The van der Waals surface area contributed by atoms with Gasteiger partial charge >= 0.3 is 0 Å². The number of hydrogen-bond donors (Lipinski definition) is 1. The Morgan fingerprint density at radius 1 is 1.47 bits per heavy atom. The molecule has 90 valence electrons. The lowest BCUT2D eigenvalue weighted by Crippen LogP contribution is -2.49. The van der Waals surface area contributed by atoms with Gasteiger partial charge < -0.3 is 15.1 Å². The van der Waals surface area contributed by atoms with Crippen LogP contribution >= 0.6 is 0 Å². The third-order valence-electron chi connectivity index (χ3n) is 3.59. The number of hydrogen-bond acceptors (Lipinski definition) is 3. The van der Waals surface area contributed by atoms with E-state index >= 15 is 0 Å². The van der Waals surface area contributed by atoms with Crippen LogP contribution in [-0.4, -0.2) is 62.7 Å². The van der Waals surface area contributed by atoms with Crippen molar-refractivity contribution in [3.05, 3.63) is 0 Å². The van der Waals surface area contributed by atoms with Crippen LogP contribution in [0.15, 0.2) is 0 Å². The molecule has 15 heavy (non-hydrogen) atoms. The van der Waals surface area contributed by atoms with Crippen molar-refractivity contribution >= 4 is 0 Å². The maximum atomic E-state index is 3.39. The van der Waals surface area contributed by atoms with E-state index in [2.05, 4.69) is 43.2 Å². The second-order valence-electron chi connectivity index (χ2n) is 4.91. The molecule has 1 heterocycles. The molecule has 1 fully saturated rings. The fourth-order valence-corrected chi connectivity index (χ4v) is 2.35. The van der Waals surface area contributed by atoms with Crippen molar-refractivity contribution < 1.29 is 0 Å². The van der Waals surface area contributed by atoms with E-state index < -0.39 is 0 Å². The van der Waals surface area contributed by atoms with Gasteiger partial charge in [0.1, 0.15) is 0 Å². The molecular weight excluding hydrogens is 186 g/mol. The van der Waals surface area contributed by atoms with Gasteiger partial charge in [-0.2, -0.15) is 0 Å². The molecule has 3 nitrogen and oxygen atoms in total. The van der Waals surface area contributed by atoms with Crippen LogP contribution in [0.4, 0.5) is 0 Å². The van der Waals surface area contributed by atoms with Gasteiger partial charge in [-0.15, -0.1) is 0 Å². The maximum absolute atomic E-state index is 3.39. The molecule has 0 amide bonds. The highest BCUT2D eigenvalue weighted by Gasteiger charge is 2.22. The molecule has 0 aromatic carbocycles. The number of likely N-dealkylation sites (N-methyl/N-ethyl adjacent to an activating group) is 2. The summed E-state index contributed by atoms with van der Waals surface area (Å²) in [6.45, 7) is 5.99. The number of nitrogens with zero attached hydrogens (tertiary/aromatic N) is 2. The smallest absolute Gasteiger partial charge is 0.0217 e. The molecule has 2 unspecified atom stereocenters. The molecule has 0 saturated carbocycles. The Bertz CT molecular complexity index is 164. The highest BCUT2D eigenvalue weighted by atomic mass is 15.2. The minimum absolute atomic E-state index is 0.658. The Kier molecular flexibility index (Phi) is 5.58. The van der Waals surface area contributed by atoms with Gasteiger partial charge in [0.15, 0.2) is 0 Å². The molecule has 2 atom stereocenters. The van der Waals surface area contributed by atoms with E-state index in [1.54, 1.807) is 0 Å². The second-order valence-corrected chi connectivity index (χ2v) is 4.91. The zero-order valence-corrected chi connectivity index (χ0v) is 10.8. The molecule has 1 aliphatic heterocycles. The standard InChI is InChI=1S/C12H27N3/c1-5-11(13-2)9-15-8-6-7-12(10-15)14(3)4/h11-13H,5-10H2,1-4H3. The first kappa shape index (κ1) is 12.9. The topological polar surface area (TPSA) is 18.5 Å². The Balaban J connectivity index is 2.35. The van der Waals surface area contributed by atoms with Gasteiger partial charge in [0.2, 0.25) is 0 Å². The van der Waals surface area contributed by atoms with Crippen LogP contribution in [0.25, 0.3) is 0 Å². The quantitative estimate of drug-likeness (QED) is 0.735. The minimum atomic E-state index is 0.658. The van der Waals surface area contributed by atoms with E-state index in [1.807, 2.05) is 0 Å². The molecule has 0 aromatic heterocycles. The van der Waals surface area contributed by atoms with Crippen molar-refractivity contribution in [2.24, 2.45) is 0 Å². The predicted octanol–water partition coefficient (Wildman–Crippen LogP) is 1.01. The van der Waals surface area contributed by atoms with Gasteiger partial charge in [0.05, 0.1) is 0 Å². The van der Waals surface area contributed by atoms with Gasteiger partial charge in [-0.25, -0.2) is 0 Å². The summed E-state index contributed by atoms with van der Waals surface area (Å²) < 4.78 is 0. The lowest BCUT2D eigenvalue weighted by molar-refractivity contribution is 0.124. The summed E-state index contributed by atoms with van der Waals surface area (Å²) >= 11 is 0. The molecule has 0 aliphatic carbocycles. The lowest BCUT2D eigenvalue weighted by atomic mass is 10.0. The van der Waals surface area contributed by atoms with Gasteiger partial charge in [-0.05, 0) is 47.0 Å². The van der Waals surface area contributed by atoms with Crippen molar-refractivity contribution in [3.8, 4) is 0 Å². The van der Waals surface area contributed by atoms with Crippen LogP contribution in [0.1, 0.15) is 26.2 Å². The van der Waals surface area contributed by atoms with Gasteiger partial charge in [-0.3, -0.25) is 0 Å². The Morgan fingerprint density at radius 2 is 2.20 bits per heavy atom. The van der Waals surface area contributed by atoms with E-state index in [0.717, 1.165) is 6.04 Å². The molecule has 1 aliphatic rings. The van der Waals surface area contributed by atoms with Crippen molar-refractivity contribution in [1.29, 1.82) is 0 Å². The average Bonchev–Trinajstić information content (AvgIpc) is 2.26. The van der Waals surface area contributed by atoms with Crippen LogP contribution in [0, 0.1) is 0 Å². The largest absolute Gasteiger partial charge is 0.316 e. The van der Waals surface area contributed by atoms with Crippen LogP contribution in [0.5, 0.6) is 0 Å². The highest BCUT2D eigenvalue weighted by Crippen LogP contribution is 2.14. The molecule has 0 spiro atoms. The van der Waals surface area contributed by atoms with Crippen LogP contribution in [0.3, 0.4) is 0 Å². The zero-order valence-electron chi connectivity index (χ0n) is 10.8. The number of piperidine rings is 1. The summed E-state index contributed by atoms with van der Waals surface area (Å²) in [5.74, 6) is 0. The zero-order chi connectivity index (χ0) is 11.3. The Hall–Kier alpha value is -0.120. The van der Waals surface area contributed by atoms with Crippen molar-refractivity contribution in [1.82, 2.24) is 15.1 Å². The molecule has 3 heteroatoms. The third-order valence-corrected chi connectivity index (χ3v) is 3.59. The van der Waals surface area contributed by atoms with Crippen LogP contribution < -0.4 is 5.32 Å². The average molecular weight is 213 g/mol. The van der Waals surface area contributed by atoms with Gasteiger partial charge in [0.25, 0.3) is 0 Å². The molecular formula is C12H27N3. The molecule has 0 aromatic rings. The van der Waals surface area contributed by atoms with E-state index in [0.29, 0.717) is 6.04 Å². The van der Waals surface area contributed by atoms with Crippen LogP contribution in [0.2, 0.25) is 0 Å². The first-order valence-electron chi connectivity index (χ1n) is 6.23. The SMILES string of the molecule is CCC(CN1CCCC(N(C)C)C1)NC. The molecule has 0 bridgehead atoms. The summed E-state index contributed by atoms with van der Waals surface area (Å²) in [6.07, 6.45) is 3.93. The summed E-state index contributed by atoms with van der Waals surface area (Å²) in [7, 11) is 6.47. The van der Waals surface area contributed by atoms with Crippen molar-refractivity contribution in [2.45, 2.75) is 38.3 Å². The summed E-state index contributed by atoms with van der Waals surface area (Å²) in [5, 5.41) is 3.39. The van der Waals surface area contributed by atoms with E-state index in [9.17, 15) is 0 Å².